The molecule has 11 heteroatoms. The zero-order valence-electron chi connectivity index (χ0n) is 20.9. The minimum Gasteiger partial charge on any atom is -0.349 e. The van der Waals surface area contributed by atoms with Crippen LogP contribution in [0.15, 0.2) is 72.8 Å². The molecule has 0 aliphatic carbocycles. The van der Waals surface area contributed by atoms with Gasteiger partial charge in [0, 0.05) is 21.8 Å². The molecule has 0 radical (unpaired) electrons. The molecule has 0 saturated heterocycles. The molecule has 1 atom stereocenters. The molecular weight excluding hydrogens is 514 g/mol. The smallest absolute Gasteiger partial charge is 0.251 e. The fourth-order valence-corrected chi connectivity index (χ4v) is 3.89. The van der Waals surface area contributed by atoms with Gasteiger partial charge in [-0.15, -0.1) is 10.2 Å². The summed E-state index contributed by atoms with van der Waals surface area (Å²) in [5, 5.41) is 15.5. The molecule has 4 aromatic rings. The fraction of sp³-hybridized carbons (Fsp3) is 0.222. The van der Waals surface area contributed by atoms with Gasteiger partial charge in [0.15, 0.2) is 0 Å². The number of benzene rings is 3. The van der Waals surface area contributed by atoms with Crippen LogP contribution >= 0.6 is 11.6 Å². The van der Waals surface area contributed by atoms with Crippen LogP contribution in [0.1, 0.15) is 32.4 Å². The number of carbonyl (C=O) groups is 2. The van der Waals surface area contributed by atoms with Gasteiger partial charge in [-0.1, -0.05) is 23.7 Å². The van der Waals surface area contributed by atoms with Crippen molar-refractivity contribution in [1.29, 1.82) is 0 Å². The summed E-state index contributed by atoms with van der Waals surface area (Å²) in [7, 11) is 0. The molecule has 0 saturated carbocycles. The summed E-state index contributed by atoms with van der Waals surface area (Å²) in [6, 6.07) is 16.2. The van der Waals surface area contributed by atoms with E-state index in [2.05, 4.69) is 20.7 Å². The maximum Gasteiger partial charge on any atom is 0.251 e. The summed E-state index contributed by atoms with van der Waals surface area (Å²) in [4.78, 5) is 29.7. The first-order valence-corrected chi connectivity index (χ1v) is 12.1. The Balaban J connectivity index is 1.73. The van der Waals surface area contributed by atoms with E-state index in [0.29, 0.717) is 21.8 Å². The summed E-state index contributed by atoms with van der Waals surface area (Å²) in [6.07, 6.45) is 0. The van der Waals surface area contributed by atoms with Crippen molar-refractivity contribution in [2.45, 2.75) is 38.9 Å². The molecule has 0 aliphatic heterocycles. The van der Waals surface area contributed by atoms with Gasteiger partial charge in [0.2, 0.25) is 11.7 Å². The van der Waals surface area contributed by atoms with E-state index in [9.17, 15) is 18.4 Å². The van der Waals surface area contributed by atoms with E-state index in [4.69, 9.17) is 11.6 Å². The van der Waals surface area contributed by atoms with Crippen molar-refractivity contribution in [3.8, 4) is 11.4 Å². The first-order valence-electron chi connectivity index (χ1n) is 11.7. The second-order valence-corrected chi connectivity index (χ2v) is 10.0. The Kier molecular flexibility index (Phi) is 7.82. The molecule has 0 aliphatic rings. The third-order valence-electron chi connectivity index (χ3n) is 5.40. The third-order valence-corrected chi connectivity index (χ3v) is 5.65. The van der Waals surface area contributed by atoms with Gasteiger partial charge in [0.1, 0.15) is 24.2 Å². The number of hydrogen-bond donors (Lipinski definition) is 1. The van der Waals surface area contributed by atoms with Crippen molar-refractivity contribution in [3.05, 3.63) is 95.0 Å². The Morgan fingerprint density at radius 2 is 1.53 bits per heavy atom. The predicted octanol–water partition coefficient (Wildman–Crippen LogP) is 4.96. The number of nitrogens with zero attached hydrogens (tertiary/aromatic N) is 5. The van der Waals surface area contributed by atoms with E-state index in [-0.39, 0.29) is 12.4 Å². The van der Waals surface area contributed by atoms with Crippen LogP contribution in [0.5, 0.6) is 0 Å². The number of tetrazole rings is 1. The van der Waals surface area contributed by atoms with Gasteiger partial charge in [-0.3, -0.25) is 14.5 Å². The molecule has 3 aromatic carbocycles. The zero-order valence-corrected chi connectivity index (χ0v) is 21.7. The Morgan fingerprint density at radius 3 is 2.11 bits per heavy atom. The summed E-state index contributed by atoms with van der Waals surface area (Å²) in [5.74, 6) is -1.70. The lowest BCUT2D eigenvalue weighted by Gasteiger charge is -2.33. The Bertz CT molecular complexity index is 1420. The average Bonchev–Trinajstić information content (AvgIpc) is 3.31. The van der Waals surface area contributed by atoms with Crippen LogP contribution in [0.4, 0.5) is 14.5 Å². The van der Waals surface area contributed by atoms with Crippen molar-refractivity contribution in [2.24, 2.45) is 0 Å². The fourth-order valence-electron chi connectivity index (χ4n) is 3.76. The van der Waals surface area contributed by atoms with E-state index < -0.39 is 35.0 Å². The number of nitrogens with one attached hydrogen (secondary N) is 1. The maximum absolute atomic E-state index is 13.8. The molecule has 1 heterocycles. The van der Waals surface area contributed by atoms with E-state index >= 15 is 0 Å². The normalized spacial score (nSPS) is 12.2. The zero-order chi connectivity index (χ0) is 27.4. The lowest BCUT2D eigenvalue weighted by molar-refractivity contribution is -0.128. The van der Waals surface area contributed by atoms with Crippen LogP contribution < -0.4 is 10.2 Å². The average molecular weight is 539 g/mol. The summed E-state index contributed by atoms with van der Waals surface area (Å²) in [6.45, 7) is 5.09. The van der Waals surface area contributed by atoms with Crippen LogP contribution in [-0.2, 0) is 16.1 Å². The first kappa shape index (κ1) is 26.9. The number of amides is 2. The Morgan fingerprint density at radius 1 is 0.947 bits per heavy atom. The highest BCUT2D eigenvalue weighted by Gasteiger charge is 2.35. The SMILES string of the molecule is CC(C)(C)NC(=O)C(c1ccc(Cl)cc1)N(C(=O)Cn1nnc(-c2ccc(F)cc2)n1)c1ccc(F)cc1. The topological polar surface area (TPSA) is 93.0 Å². The number of aromatic nitrogens is 4. The van der Waals surface area contributed by atoms with E-state index in [1.165, 1.54) is 53.4 Å². The summed E-state index contributed by atoms with van der Waals surface area (Å²) in [5.41, 5.74) is 0.701. The highest BCUT2D eigenvalue weighted by atomic mass is 35.5. The monoisotopic (exact) mass is 538 g/mol. The lowest BCUT2D eigenvalue weighted by Crippen LogP contribution is -2.50. The van der Waals surface area contributed by atoms with Gasteiger partial charge in [0.25, 0.3) is 5.91 Å². The molecule has 0 spiro atoms. The van der Waals surface area contributed by atoms with Crippen molar-refractivity contribution in [1.82, 2.24) is 25.5 Å². The Hall–Kier alpha value is -4.18. The number of hydrogen-bond acceptors (Lipinski definition) is 5. The highest BCUT2D eigenvalue weighted by Crippen LogP contribution is 2.30. The summed E-state index contributed by atoms with van der Waals surface area (Å²) < 4.78 is 27.1. The minimum absolute atomic E-state index is 0.200. The molecule has 38 heavy (non-hydrogen) atoms. The van der Waals surface area contributed by atoms with Crippen LogP contribution in [0, 0.1) is 11.6 Å². The van der Waals surface area contributed by atoms with Gasteiger partial charge >= 0.3 is 0 Å². The lowest BCUT2D eigenvalue weighted by atomic mass is 10.0. The molecule has 196 valence electrons. The maximum atomic E-state index is 13.8. The van der Waals surface area contributed by atoms with Crippen molar-refractivity contribution in [3.63, 3.8) is 0 Å². The Labute approximate surface area is 223 Å². The number of carbonyl (C=O) groups excluding carboxylic acids is 2. The molecule has 0 bridgehead atoms. The standard InChI is InChI=1S/C27H25ClF2N6O2/c1-27(2,3)31-26(38)24(17-4-8-19(28)9-5-17)36(22-14-12-21(30)13-15-22)23(37)16-35-33-25(32-34-35)18-6-10-20(29)11-7-18/h4-15,24H,16H2,1-3H3,(H,31,38). The number of halogens is 3. The van der Waals surface area contributed by atoms with Crippen LogP contribution in [0.2, 0.25) is 5.02 Å². The largest absolute Gasteiger partial charge is 0.349 e. The van der Waals surface area contributed by atoms with Crippen LogP contribution in [0.25, 0.3) is 11.4 Å². The highest BCUT2D eigenvalue weighted by molar-refractivity contribution is 6.30. The third kappa shape index (κ3) is 6.57. The van der Waals surface area contributed by atoms with Gasteiger partial charge in [0.05, 0.1) is 0 Å². The van der Waals surface area contributed by atoms with Crippen molar-refractivity contribution < 1.29 is 18.4 Å². The second-order valence-electron chi connectivity index (χ2n) is 9.58. The number of anilines is 1. The van der Waals surface area contributed by atoms with Crippen LogP contribution in [-0.4, -0.2) is 37.6 Å². The molecule has 8 nitrogen and oxygen atoms in total. The predicted molar refractivity (Wildman–Crippen MR) is 139 cm³/mol. The molecule has 1 N–H and O–H groups in total. The molecule has 1 unspecified atom stereocenters. The van der Waals surface area contributed by atoms with Crippen LogP contribution in [0.3, 0.4) is 0 Å². The quantitative estimate of drug-likeness (QED) is 0.359. The first-order chi connectivity index (χ1) is 18.0. The van der Waals surface area contributed by atoms with Gasteiger partial charge in [-0.2, -0.15) is 4.80 Å². The van der Waals surface area contributed by atoms with E-state index in [0.717, 1.165) is 4.80 Å². The van der Waals surface area contributed by atoms with Gasteiger partial charge in [-0.25, -0.2) is 8.78 Å². The minimum atomic E-state index is -1.12. The molecule has 0 fully saturated rings. The molecule has 2 amide bonds. The molecule has 4 rings (SSSR count). The van der Waals surface area contributed by atoms with Crippen molar-refractivity contribution >= 4 is 29.1 Å². The van der Waals surface area contributed by atoms with Gasteiger partial charge in [-0.05, 0) is 92.2 Å². The van der Waals surface area contributed by atoms with E-state index in [1.807, 2.05) is 20.8 Å². The molecular formula is C27H25ClF2N6O2. The van der Waals surface area contributed by atoms with E-state index in [1.54, 1.807) is 24.3 Å². The molecule has 1 aromatic heterocycles. The van der Waals surface area contributed by atoms with Gasteiger partial charge < -0.3 is 5.32 Å². The summed E-state index contributed by atoms with van der Waals surface area (Å²) >= 11 is 6.08. The number of rotatable bonds is 7. The van der Waals surface area contributed by atoms with Crippen molar-refractivity contribution in [2.75, 3.05) is 4.90 Å². The second kappa shape index (κ2) is 11.1.